The molecule has 1 N–H and O–H groups in total. The Morgan fingerprint density at radius 3 is 2.68 bits per heavy atom. The third kappa shape index (κ3) is 4.22. The number of aromatic hydroxyl groups is 1. The minimum absolute atomic E-state index is 0.187. The average molecular weight is 401 g/mol. The zero-order valence-electron chi connectivity index (χ0n) is 16.8. The summed E-state index contributed by atoms with van der Waals surface area (Å²) in [6.07, 6.45) is 5.77. The second kappa shape index (κ2) is 9.24. The number of fused-ring (bicyclic) bond motifs is 1. The number of aryl methyl sites for hydroxylation is 1. The van der Waals surface area contributed by atoms with Crippen LogP contribution in [0, 0.1) is 0 Å². The van der Waals surface area contributed by atoms with Gasteiger partial charge in [0, 0.05) is 41.5 Å². The molecule has 3 rings (SSSR count). The van der Waals surface area contributed by atoms with E-state index in [1.165, 1.54) is 4.88 Å². The number of carbonyl (C=O) groups excluding carboxylic acids is 1. The van der Waals surface area contributed by atoms with E-state index in [1.807, 2.05) is 19.1 Å². The summed E-state index contributed by atoms with van der Waals surface area (Å²) in [6.45, 7) is 8.10. The number of anilines is 1. The number of hydrogen-bond acceptors (Lipinski definition) is 6. The van der Waals surface area contributed by atoms with Crippen molar-refractivity contribution in [1.29, 1.82) is 0 Å². The van der Waals surface area contributed by atoms with Gasteiger partial charge in [0.2, 0.25) is 0 Å². The van der Waals surface area contributed by atoms with E-state index in [-0.39, 0.29) is 11.7 Å². The summed E-state index contributed by atoms with van der Waals surface area (Å²) < 4.78 is 5.27. The molecule has 150 valence electrons. The van der Waals surface area contributed by atoms with Crippen LogP contribution in [0.25, 0.3) is 0 Å². The molecular weight excluding hydrogens is 372 g/mol. The molecular formula is C22H28N2O3S. The van der Waals surface area contributed by atoms with E-state index in [0.29, 0.717) is 22.7 Å². The van der Waals surface area contributed by atoms with Gasteiger partial charge in [0.05, 0.1) is 12.2 Å². The standard InChI is InChI=1S/C22H28N2O3S/c1-4-24(5-2)16-12-11-15(18(25)13-16)14-23-21-20(22(26)27-6-3)17-9-7-8-10-19(17)28-21/h11-14,25H,4-10H2,1-3H3/b23-14+. The SMILES string of the molecule is CCOC(=O)c1c(/N=C/c2ccc(N(CC)CC)cc2O)sc2c1CCCC2. The summed E-state index contributed by atoms with van der Waals surface area (Å²) in [4.78, 5) is 20.5. The van der Waals surface area contributed by atoms with Crippen molar-refractivity contribution in [3.8, 4) is 5.75 Å². The Balaban J connectivity index is 1.92. The number of nitrogens with zero attached hydrogens (tertiary/aromatic N) is 2. The zero-order valence-corrected chi connectivity index (χ0v) is 17.6. The van der Waals surface area contributed by atoms with Crippen LogP contribution in [0.2, 0.25) is 0 Å². The largest absolute Gasteiger partial charge is 0.507 e. The maximum absolute atomic E-state index is 12.5. The maximum atomic E-state index is 12.5. The summed E-state index contributed by atoms with van der Waals surface area (Å²) in [7, 11) is 0. The number of carbonyl (C=O) groups is 1. The minimum atomic E-state index is -0.296. The van der Waals surface area contributed by atoms with Crippen LogP contribution in [0.1, 0.15) is 60.0 Å². The van der Waals surface area contributed by atoms with Gasteiger partial charge < -0.3 is 14.7 Å². The Morgan fingerprint density at radius 2 is 2.00 bits per heavy atom. The van der Waals surface area contributed by atoms with Gasteiger partial charge in [-0.3, -0.25) is 0 Å². The topological polar surface area (TPSA) is 62.1 Å². The van der Waals surface area contributed by atoms with Crippen molar-refractivity contribution in [3.63, 3.8) is 0 Å². The Kier molecular flexibility index (Phi) is 6.73. The highest BCUT2D eigenvalue weighted by atomic mass is 32.1. The molecule has 0 saturated carbocycles. The highest BCUT2D eigenvalue weighted by molar-refractivity contribution is 7.16. The van der Waals surface area contributed by atoms with E-state index in [2.05, 4.69) is 23.7 Å². The smallest absolute Gasteiger partial charge is 0.341 e. The molecule has 0 saturated heterocycles. The number of thiophene rings is 1. The van der Waals surface area contributed by atoms with Crippen molar-refractivity contribution in [3.05, 3.63) is 39.8 Å². The number of aliphatic imine (C=N–C) groups is 1. The number of hydrogen-bond donors (Lipinski definition) is 1. The third-order valence-electron chi connectivity index (χ3n) is 5.10. The van der Waals surface area contributed by atoms with Gasteiger partial charge in [-0.05, 0) is 64.2 Å². The molecule has 0 atom stereocenters. The molecule has 0 aliphatic heterocycles. The monoisotopic (exact) mass is 400 g/mol. The third-order valence-corrected chi connectivity index (χ3v) is 6.30. The molecule has 0 spiro atoms. The number of esters is 1. The van der Waals surface area contributed by atoms with Crippen LogP contribution in [0.3, 0.4) is 0 Å². The molecule has 0 unspecified atom stereocenters. The number of phenolic OH excluding ortho intramolecular Hbond substituents is 1. The second-order valence-electron chi connectivity index (χ2n) is 6.79. The summed E-state index contributed by atoms with van der Waals surface area (Å²) in [5.41, 5.74) is 3.33. The summed E-state index contributed by atoms with van der Waals surface area (Å²) in [5, 5.41) is 11.1. The van der Waals surface area contributed by atoms with Crippen LogP contribution in [0.4, 0.5) is 10.7 Å². The molecule has 28 heavy (non-hydrogen) atoms. The Morgan fingerprint density at radius 1 is 1.25 bits per heavy atom. The van der Waals surface area contributed by atoms with Gasteiger partial charge in [-0.2, -0.15) is 0 Å². The second-order valence-corrected chi connectivity index (χ2v) is 7.87. The van der Waals surface area contributed by atoms with Crippen molar-refractivity contribution in [2.45, 2.75) is 46.5 Å². The molecule has 0 amide bonds. The first-order valence-electron chi connectivity index (χ1n) is 10.0. The summed E-state index contributed by atoms with van der Waals surface area (Å²) in [6, 6.07) is 5.61. The molecule has 6 heteroatoms. The average Bonchev–Trinajstić information content (AvgIpc) is 3.07. The summed E-state index contributed by atoms with van der Waals surface area (Å²) >= 11 is 1.57. The molecule has 5 nitrogen and oxygen atoms in total. The van der Waals surface area contributed by atoms with Crippen LogP contribution in [-0.2, 0) is 17.6 Å². The van der Waals surface area contributed by atoms with Crippen molar-refractivity contribution < 1.29 is 14.6 Å². The van der Waals surface area contributed by atoms with E-state index in [0.717, 1.165) is 50.0 Å². The minimum Gasteiger partial charge on any atom is -0.507 e. The molecule has 1 aliphatic rings. The number of phenols is 1. The predicted octanol–water partition coefficient (Wildman–Crippen LogP) is 5.11. The van der Waals surface area contributed by atoms with Crippen LogP contribution >= 0.6 is 11.3 Å². The lowest BCUT2D eigenvalue weighted by molar-refractivity contribution is 0.0526. The fourth-order valence-electron chi connectivity index (χ4n) is 3.61. The zero-order chi connectivity index (χ0) is 20.1. The van der Waals surface area contributed by atoms with Gasteiger partial charge >= 0.3 is 5.97 Å². The maximum Gasteiger partial charge on any atom is 0.341 e. The summed E-state index contributed by atoms with van der Waals surface area (Å²) in [5.74, 6) is -0.109. The lowest BCUT2D eigenvalue weighted by atomic mass is 9.95. The number of benzene rings is 1. The molecule has 1 aromatic carbocycles. The molecule has 0 radical (unpaired) electrons. The first-order chi connectivity index (χ1) is 13.6. The van der Waals surface area contributed by atoms with Crippen molar-refractivity contribution in [1.82, 2.24) is 0 Å². The molecule has 1 heterocycles. The van der Waals surface area contributed by atoms with Gasteiger partial charge in [-0.25, -0.2) is 9.79 Å². The Labute approximate surface area is 170 Å². The van der Waals surface area contributed by atoms with Crippen LogP contribution < -0.4 is 4.90 Å². The van der Waals surface area contributed by atoms with Crippen LogP contribution in [0.15, 0.2) is 23.2 Å². The van der Waals surface area contributed by atoms with E-state index in [1.54, 1.807) is 23.6 Å². The Bertz CT molecular complexity index is 869. The quantitative estimate of drug-likeness (QED) is 0.518. The van der Waals surface area contributed by atoms with Crippen molar-refractivity contribution in [2.24, 2.45) is 4.99 Å². The molecule has 0 fully saturated rings. The first-order valence-corrected chi connectivity index (χ1v) is 10.8. The van der Waals surface area contributed by atoms with Gasteiger partial charge in [-0.15, -0.1) is 11.3 Å². The van der Waals surface area contributed by atoms with E-state index in [4.69, 9.17) is 4.74 Å². The highest BCUT2D eigenvalue weighted by Crippen LogP contribution is 2.40. The van der Waals surface area contributed by atoms with Gasteiger partial charge in [0.15, 0.2) is 0 Å². The fourth-order valence-corrected chi connectivity index (χ4v) is 4.83. The number of rotatable bonds is 7. The molecule has 1 aromatic heterocycles. The molecule has 2 aromatic rings. The van der Waals surface area contributed by atoms with Gasteiger partial charge in [0.1, 0.15) is 10.8 Å². The van der Waals surface area contributed by atoms with Crippen molar-refractivity contribution in [2.75, 3.05) is 24.6 Å². The van der Waals surface area contributed by atoms with E-state index < -0.39 is 0 Å². The molecule has 0 bridgehead atoms. The fraction of sp³-hybridized carbons (Fsp3) is 0.455. The number of ether oxygens (including phenoxy) is 1. The van der Waals surface area contributed by atoms with E-state index in [9.17, 15) is 9.90 Å². The van der Waals surface area contributed by atoms with Gasteiger partial charge in [-0.1, -0.05) is 0 Å². The highest BCUT2D eigenvalue weighted by Gasteiger charge is 2.26. The Hall–Kier alpha value is -2.34. The lowest BCUT2D eigenvalue weighted by Crippen LogP contribution is -2.21. The van der Waals surface area contributed by atoms with Crippen LogP contribution in [-0.4, -0.2) is 37.0 Å². The predicted molar refractivity (Wildman–Crippen MR) is 116 cm³/mol. The van der Waals surface area contributed by atoms with Crippen molar-refractivity contribution >= 4 is 34.2 Å². The van der Waals surface area contributed by atoms with Crippen LogP contribution in [0.5, 0.6) is 5.75 Å². The lowest BCUT2D eigenvalue weighted by Gasteiger charge is -2.21. The first kappa shape index (κ1) is 20.4. The van der Waals surface area contributed by atoms with E-state index >= 15 is 0 Å². The normalized spacial score (nSPS) is 13.5. The molecule has 1 aliphatic carbocycles. The van der Waals surface area contributed by atoms with Gasteiger partial charge in [0.25, 0.3) is 0 Å².